The van der Waals surface area contributed by atoms with Gasteiger partial charge in [-0.15, -0.1) is 0 Å². The van der Waals surface area contributed by atoms with Gasteiger partial charge in [0.15, 0.2) is 0 Å². The van der Waals surface area contributed by atoms with E-state index in [0.717, 1.165) is 25.0 Å². The molecule has 0 bridgehead atoms. The molecule has 0 rings (SSSR count). The average Bonchev–Trinajstić information content (AvgIpc) is 1.68. The Hall–Kier alpha value is -0.460. The van der Waals surface area contributed by atoms with Crippen molar-refractivity contribution in [3.8, 4) is 0 Å². The van der Waals surface area contributed by atoms with Gasteiger partial charge in [0.25, 0.3) is 0 Å². The van der Waals surface area contributed by atoms with Crippen LogP contribution in [0.2, 0.25) is 0 Å². The van der Waals surface area contributed by atoms with Gasteiger partial charge in [0.2, 0.25) is 0 Å². The van der Waals surface area contributed by atoms with Crippen molar-refractivity contribution < 1.29 is 0 Å². The first kappa shape index (κ1) is 7.54. The van der Waals surface area contributed by atoms with E-state index in [9.17, 15) is 0 Å². The van der Waals surface area contributed by atoms with Crippen LogP contribution in [0.3, 0.4) is 0 Å². The summed E-state index contributed by atoms with van der Waals surface area (Å²) in [6.45, 7) is 4.23. The zero-order valence-electron chi connectivity index (χ0n) is 5.78. The second-order valence-electron chi connectivity index (χ2n) is 1.94. The first-order valence-corrected chi connectivity index (χ1v) is 3.25. The van der Waals surface area contributed by atoms with Crippen molar-refractivity contribution >= 4 is 0 Å². The molecule has 0 unspecified atom stereocenters. The average molecular weight is 113 g/mol. The van der Waals surface area contributed by atoms with Gasteiger partial charge >= 0.3 is 0 Å². The van der Waals surface area contributed by atoms with Crippen LogP contribution in [0, 0.1) is 0 Å². The molecule has 0 fully saturated rings. The predicted molar refractivity (Wildman–Crippen MR) is 37.5 cm³/mol. The van der Waals surface area contributed by atoms with Crippen LogP contribution in [0.25, 0.3) is 0 Å². The van der Waals surface area contributed by atoms with Crippen molar-refractivity contribution in [1.82, 2.24) is 0 Å². The molecule has 0 atom stereocenters. The van der Waals surface area contributed by atoms with Crippen molar-refractivity contribution in [1.29, 1.82) is 0 Å². The third kappa shape index (κ3) is 3.72. The Morgan fingerprint density at radius 3 is 2.50 bits per heavy atom. The number of nitrogens with two attached hydrogens (primary N) is 1. The lowest BCUT2D eigenvalue weighted by Crippen LogP contribution is -1.94. The standard InChI is InChI=1S/C7H15N/c1-3-5-7(8)6-4-2/h5H,3-4,6,8H2,1-2H3/b7-5+. The van der Waals surface area contributed by atoms with E-state index in [-0.39, 0.29) is 0 Å². The summed E-state index contributed by atoms with van der Waals surface area (Å²) < 4.78 is 0. The van der Waals surface area contributed by atoms with Gasteiger partial charge in [0.05, 0.1) is 0 Å². The van der Waals surface area contributed by atoms with Crippen LogP contribution in [0.1, 0.15) is 33.1 Å². The summed E-state index contributed by atoms with van der Waals surface area (Å²) >= 11 is 0. The van der Waals surface area contributed by atoms with Gasteiger partial charge < -0.3 is 5.73 Å². The van der Waals surface area contributed by atoms with Crippen LogP contribution in [-0.2, 0) is 0 Å². The quantitative estimate of drug-likeness (QED) is 0.595. The zero-order chi connectivity index (χ0) is 6.41. The van der Waals surface area contributed by atoms with E-state index in [2.05, 4.69) is 19.9 Å². The Kier molecular flexibility index (Phi) is 4.42. The highest BCUT2D eigenvalue weighted by Crippen LogP contribution is 1.96. The maximum Gasteiger partial charge on any atom is 0.00397 e. The molecule has 0 aliphatic carbocycles. The first-order valence-electron chi connectivity index (χ1n) is 3.25. The van der Waals surface area contributed by atoms with E-state index in [4.69, 9.17) is 5.73 Å². The van der Waals surface area contributed by atoms with Crippen molar-refractivity contribution in [3.63, 3.8) is 0 Å². The fourth-order valence-electron chi connectivity index (χ4n) is 0.653. The van der Waals surface area contributed by atoms with Crippen LogP contribution < -0.4 is 5.73 Å². The molecule has 0 aromatic heterocycles. The molecule has 8 heavy (non-hydrogen) atoms. The van der Waals surface area contributed by atoms with Gasteiger partial charge in [-0.1, -0.05) is 26.3 Å². The Balaban J connectivity index is 3.29. The van der Waals surface area contributed by atoms with Gasteiger partial charge in [0, 0.05) is 5.70 Å². The van der Waals surface area contributed by atoms with Crippen LogP contribution in [0.5, 0.6) is 0 Å². The molecule has 0 aliphatic rings. The molecular formula is C7H15N. The fourth-order valence-corrected chi connectivity index (χ4v) is 0.653. The molecule has 0 aromatic carbocycles. The lowest BCUT2D eigenvalue weighted by molar-refractivity contribution is 0.883. The van der Waals surface area contributed by atoms with Crippen molar-refractivity contribution in [2.24, 2.45) is 5.73 Å². The molecule has 0 spiro atoms. The Labute approximate surface area is 51.6 Å². The molecule has 0 heterocycles. The van der Waals surface area contributed by atoms with Gasteiger partial charge in [0.1, 0.15) is 0 Å². The summed E-state index contributed by atoms with van der Waals surface area (Å²) in [7, 11) is 0. The molecule has 0 saturated carbocycles. The number of rotatable bonds is 3. The summed E-state index contributed by atoms with van der Waals surface area (Å²) in [4.78, 5) is 0. The molecule has 1 nitrogen and oxygen atoms in total. The summed E-state index contributed by atoms with van der Waals surface area (Å²) in [6.07, 6.45) is 5.34. The molecule has 0 aliphatic heterocycles. The van der Waals surface area contributed by atoms with E-state index < -0.39 is 0 Å². The normalized spacial score (nSPS) is 12.0. The van der Waals surface area contributed by atoms with Crippen molar-refractivity contribution in [2.75, 3.05) is 0 Å². The maximum absolute atomic E-state index is 5.56. The smallest absolute Gasteiger partial charge is 0.00397 e. The summed E-state index contributed by atoms with van der Waals surface area (Å²) in [5, 5.41) is 0. The van der Waals surface area contributed by atoms with E-state index in [1.54, 1.807) is 0 Å². The maximum atomic E-state index is 5.56. The van der Waals surface area contributed by atoms with E-state index in [1.165, 1.54) is 0 Å². The molecular weight excluding hydrogens is 98.1 g/mol. The Morgan fingerprint density at radius 2 is 2.12 bits per heavy atom. The largest absolute Gasteiger partial charge is 0.402 e. The van der Waals surface area contributed by atoms with E-state index in [1.807, 2.05) is 0 Å². The number of hydrogen-bond donors (Lipinski definition) is 1. The SMILES string of the molecule is CC/C=C(/N)CCC. The third-order valence-corrected chi connectivity index (χ3v) is 1.00. The Morgan fingerprint density at radius 1 is 1.50 bits per heavy atom. The number of allylic oxidation sites excluding steroid dienone is 2. The Bertz CT molecular complexity index is 74.5. The second kappa shape index (κ2) is 4.69. The minimum Gasteiger partial charge on any atom is -0.402 e. The van der Waals surface area contributed by atoms with Crippen molar-refractivity contribution in [2.45, 2.75) is 33.1 Å². The monoisotopic (exact) mass is 113 g/mol. The minimum atomic E-state index is 1.04. The molecule has 0 radical (unpaired) electrons. The van der Waals surface area contributed by atoms with Gasteiger partial charge in [-0.05, 0) is 12.8 Å². The highest BCUT2D eigenvalue weighted by Gasteiger charge is 1.82. The zero-order valence-corrected chi connectivity index (χ0v) is 5.78. The van der Waals surface area contributed by atoms with Gasteiger partial charge in [-0.25, -0.2) is 0 Å². The summed E-state index contributed by atoms with van der Waals surface area (Å²) in [6, 6.07) is 0. The molecule has 1 heteroatoms. The van der Waals surface area contributed by atoms with Crippen LogP contribution in [-0.4, -0.2) is 0 Å². The molecule has 48 valence electrons. The summed E-state index contributed by atoms with van der Waals surface area (Å²) in [5.74, 6) is 0. The van der Waals surface area contributed by atoms with Gasteiger partial charge in [-0.2, -0.15) is 0 Å². The van der Waals surface area contributed by atoms with E-state index in [0.29, 0.717) is 0 Å². The number of hydrogen-bond acceptors (Lipinski definition) is 1. The summed E-state index contributed by atoms with van der Waals surface area (Å²) in [5.41, 5.74) is 6.59. The lowest BCUT2D eigenvalue weighted by Gasteiger charge is -1.93. The first-order chi connectivity index (χ1) is 3.81. The lowest BCUT2D eigenvalue weighted by atomic mass is 10.2. The second-order valence-corrected chi connectivity index (χ2v) is 1.94. The molecule has 0 aromatic rings. The highest BCUT2D eigenvalue weighted by atomic mass is 14.6. The van der Waals surface area contributed by atoms with Gasteiger partial charge in [-0.3, -0.25) is 0 Å². The third-order valence-electron chi connectivity index (χ3n) is 1.00. The van der Waals surface area contributed by atoms with Crippen LogP contribution in [0.15, 0.2) is 11.8 Å². The van der Waals surface area contributed by atoms with Crippen molar-refractivity contribution in [3.05, 3.63) is 11.8 Å². The highest BCUT2D eigenvalue weighted by molar-refractivity contribution is 4.94. The van der Waals surface area contributed by atoms with E-state index >= 15 is 0 Å². The van der Waals surface area contributed by atoms with Crippen LogP contribution >= 0.6 is 0 Å². The molecule has 2 N–H and O–H groups in total. The minimum absolute atomic E-state index is 1.04. The molecule has 0 amide bonds. The van der Waals surface area contributed by atoms with Crippen LogP contribution in [0.4, 0.5) is 0 Å². The topological polar surface area (TPSA) is 26.0 Å². The fraction of sp³-hybridized carbons (Fsp3) is 0.714. The predicted octanol–water partition coefficient (Wildman–Crippen LogP) is 2.04. The molecule has 0 saturated heterocycles.